The zero-order valence-corrected chi connectivity index (χ0v) is 25.0. The molecule has 0 atom stereocenters. The zero-order chi connectivity index (χ0) is 30.8. The van der Waals surface area contributed by atoms with Crippen LogP contribution in [0.2, 0.25) is 0 Å². The molecule has 2 aliphatic heterocycles. The van der Waals surface area contributed by atoms with Gasteiger partial charge < -0.3 is 25.6 Å². The van der Waals surface area contributed by atoms with Crippen molar-refractivity contribution in [3.8, 4) is 0 Å². The van der Waals surface area contributed by atoms with E-state index in [-0.39, 0.29) is 16.8 Å². The lowest BCUT2D eigenvalue weighted by molar-refractivity contribution is 0.0904. The van der Waals surface area contributed by atoms with Gasteiger partial charge in [-0.25, -0.2) is 17.2 Å². The van der Waals surface area contributed by atoms with Crippen LogP contribution >= 0.6 is 0 Å². The number of anilines is 3. The lowest BCUT2D eigenvalue weighted by Crippen LogP contribution is -2.36. The number of carbonyl (C=O) groups is 1. The van der Waals surface area contributed by atoms with Crippen molar-refractivity contribution in [1.29, 1.82) is 0 Å². The number of nitrogens with one attached hydrogen (secondary N) is 4. The number of hydrogen-bond acceptors (Lipinski definition) is 8. The van der Waals surface area contributed by atoms with Crippen molar-refractivity contribution in [3.05, 3.63) is 71.8 Å². The third-order valence-electron chi connectivity index (χ3n) is 8.16. The second-order valence-corrected chi connectivity index (χ2v) is 13.3. The van der Waals surface area contributed by atoms with Crippen molar-refractivity contribution in [1.82, 2.24) is 15.1 Å². The lowest BCUT2D eigenvalue weighted by Gasteiger charge is -2.30. The van der Waals surface area contributed by atoms with Crippen molar-refractivity contribution in [2.75, 3.05) is 49.3 Å². The van der Waals surface area contributed by atoms with E-state index < -0.39 is 32.3 Å². The maximum Gasteiger partial charge on any atom is 0.258 e. The molecule has 4 N–H and O–H groups in total. The maximum absolute atomic E-state index is 13.8. The van der Waals surface area contributed by atoms with Crippen molar-refractivity contribution < 1.29 is 26.7 Å². The van der Waals surface area contributed by atoms with Gasteiger partial charge in [-0.2, -0.15) is 5.10 Å². The number of benzene rings is 3. The van der Waals surface area contributed by atoms with E-state index in [1.54, 1.807) is 6.07 Å². The second-order valence-electron chi connectivity index (χ2n) is 11.4. The highest BCUT2D eigenvalue weighted by atomic mass is 32.2. The quantitative estimate of drug-likeness (QED) is 0.215. The number of H-pyrrole nitrogens is 1. The number of hydrogen-bond donors (Lipinski definition) is 4. The minimum absolute atomic E-state index is 0.123. The normalized spacial score (nSPS) is 17.1. The van der Waals surface area contributed by atoms with Crippen molar-refractivity contribution in [3.63, 3.8) is 0 Å². The van der Waals surface area contributed by atoms with Gasteiger partial charge in [0.25, 0.3) is 5.91 Å². The summed E-state index contributed by atoms with van der Waals surface area (Å²) >= 11 is 0. The molecule has 10 nitrogen and oxygen atoms in total. The molecule has 6 rings (SSSR count). The molecular formula is C31H34F2N6O4S. The van der Waals surface area contributed by atoms with E-state index in [1.165, 1.54) is 18.2 Å². The van der Waals surface area contributed by atoms with Gasteiger partial charge in [0.2, 0.25) is 9.84 Å². The molecule has 2 aliphatic rings. The van der Waals surface area contributed by atoms with Gasteiger partial charge in [0.1, 0.15) is 11.6 Å². The number of piperidine rings is 1. The highest BCUT2D eigenvalue weighted by molar-refractivity contribution is 7.91. The standard InChI is InChI=1S/C31H34F2N6O4S/c1-39-10-6-21(7-11-39)34-23-2-4-26(29(17-23)35-22-8-12-43-13-9-22)31(40)36-30-27-18-24(3-5-28(27)37-38-30)44(41,42)25-15-19(32)14-20(33)16-25/h2-5,14-18,21-22,34-35H,6-13H2,1H3,(H2,36,37,38,40). The fourth-order valence-corrected chi connectivity index (χ4v) is 6.98. The lowest BCUT2D eigenvalue weighted by atomic mass is 10.0. The molecule has 0 unspecified atom stereocenters. The molecule has 13 heteroatoms. The molecule has 232 valence electrons. The fraction of sp³-hybridized carbons (Fsp3) is 0.355. The summed E-state index contributed by atoms with van der Waals surface area (Å²) in [6.45, 7) is 3.31. The number of nitrogens with zero attached hydrogens (tertiary/aromatic N) is 2. The van der Waals surface area contributed by atoms with Gasteiger partial charge in [0.15, 0.2) is 5.82 Å². The number of carbonyl (C=O) groups excluding carboxylic acids is 1. The molecule has 44 heavy (non-hydrogen) atoms. The number of ether oxygens (including phenoxy) is 1. The Morgan fingerprint density at radius 2 is 1.61 bits per heavy atom. The molecule has 0 radical (unpaired) electrons. The minimum atomic E-state index is -4.26. The number of likely N-dealkylation sites (tertiary alicyclic amines) is 1. The number of aromatic amines is 1. The van der Waals surface area contributed by atoms with Crippen molar-refractivity contribution in [2.45, 2.75) is 47.6 Å². The zero-order valence-electron chi connectivity index (χ0n) is 24.2. The molecule has 0 aliphatic carbocycles. The van der Waals surface area contributed by atoms with E-state index in [9.17, 15) is 22.0 Å². The highest BCUT2D eigenvalue weighted by Gasteiger charge is 2.24. The number of aromatic nitrogens is 2. The van der Waals surface area contributed by atoms with Gasteiger partial charge in [-0.05, 0) is 94.4 Å². The Hall–Kier alpha value is -4.07. The molecule has 2 fully saturated rings. The summed E-state index contributed by atoms with van der Waals surface area (Å²) in [7, 11) is -2.14. The third-order valence-corrected chi connectivity index (χ3v) is 9.89. The van der Waals surface area contributed by atoms with E-state index in [1.807, 2.05) is 12.1 Å². The summed E-state index contributed by atoms with van der Waals surface area (Å²) in [6.07, 6.45) is 3.67. The number of halogens is 2. The molecular weight excluding hydrogens is 590 g/mol. The Morgan fingerprint density at radius 3 is 2.34 bits per heavy atom. The Balaban J connectivity index is 1.27. The van der Waals surface area contributed by atoms with Crippen molar-refractivity contribution >= 4 is 43.8 Å². The van der Waals surface area contributed by atoms with Gasteiger partial charge in [-0.3, -0.25) is 9.89 Å². The monoisotopic (exact) mass is 624 g/mol. The van der Waals surface area contributed by atoms with Gasteiger partial charge >= 0.3 is 0 Å². The Labute approximate surface area is 254 Å². The second kappa shape index (κ2) is 12.5. The van der Waals surface area contributed by atoms with Crippen LogP contribution in [0.4, 0.5) is 26.0 Å². The van der Waals surface area contributed by atoms with E-state index in [0.29, 0.717) is 47.5 Å². The maximum atomic E-state index is 13.8. The smallest absolute Gasteiger partial charge is 0.258 e. The van der Waals surface area contributed by atoms with E-state index >= 15 is 0 Å². The Kier molecular flexibility index (Phi) is 8.52. The average Bonchev–Trinajstić information content (AvgIpc) is 3.40. The van der Waals surface area contributed by atoms with Crippen LogP contribution in [0.1, 0.15) is 36.0 Å². The first-order chi connectivity index (χ1) is 21.2. The largest absolute Gasteiger partial charge is 0.382 e. The number of rotatable bonds is 8. The van der Waals surface area contributed by atoms with Crippen LogP contribution in [-0.2, 0) is 14.6 Å². The molecule has 2 saturated heterocycles. The predicted molar refractivity (Wildman–Crippen MR) is 164 cm³/mol. The van der Waals surface area contributed by atoms with Gasteiger partial charge in [-0.15, -0.1) is 0 Å². The van der Waals surface area contributed by atoms with E-state index in [2.05, 4.69) is 38.1 Å². The molecule has 1 amide bonds. The van der Waals surface area contributed by atoms with Gasteiger partial charge in [0, 0.05) is 48.1 Å². The number of sulfone groups is 1. The van der Waals surface area contributed by atoms with Crippen LogP contribution < -0.4 is 16.0 Å². The van der Waals surface area contributed by atoms with Crippen LogP contribution in [-0.4, -0.2) is 74.9 Å². The molecule has 0 spiro atoms. The summed E-state index contributed by atoms with van der Waals surface area (Å²) in [5.41, 5.74) is 2.46. The van der Waals surface area contributed by atoms with E-state index in [4.69, 9.17) is 4.74 Å². The van der Waals surface area contributed by atoms with Gasteiger partial charge in [-0.1, -0.05) is 0 Å². The Bertz CT molecular complexity index is 1760. The Morgan fingerprint density at radius 1 is 0.909 bits per heavy atom. The number of amides is 1. The first-order valence-corrected chi connectivity index (χ1v) is 16.1. The first kappa shape index (κ1) is 30.0. The summed E-state index contributed by atoms with van der Waals surface area (Å²) in [6, 6.07) is 12.3. The molecule has 3 aromatic carbocycles. The predicted octanol–water partition coefficient (Wildman–Crippen LogP) is 5.02. The summed E-state index contributed by atoms with van der Waals surface area (Å²) < 4.78 is 59.5. The van der Waals surface area contributed by atoms with Gasteiger partial charge in [0.05, 0.1) is 20.9 Å². The van der Waals surface area contributed by atoms with Crippen molar-refractivity contribution in [2.24, 2.45) is 0 Å². The van der Waals surface area contributed by atoms with Crippen LogP contribution in [0, 0.1) is 11.6 Å². The van der Waals surface area contributed by atoms with Crippen LogP contribution in [0.25, 0.3) is 10.9 Å². The molecule has 0 saturated carbocycles. The third kappa shape index (κ3) is 6.54. The summed E-state index contributed by atoms with van der Waals surface area (Å²) in [5, 5.41) is 17.3. The molecule has 3 heterocycles. The summed E-state index contributed by atoms with van der Waals surface area (Å²) in [4.78, 5) is 15.3. The molecule has 0 bridgehead atoms. The van der Waals surface area contributed by atoms with Crippen LogP contribution in [0.15, 0.2) is 64.4 Å². The minimum Gasteiger partial charge on any atom is -0.382 e. The van der Waals surface area contributed by atoms with E-state index in [0.717, 1.165) is 56.6 Å². The number of fused-ring (bicyclic) bond motifs is 1. The molecule has 4 aromatic rings. The highest BCUT2D eigenvalue weighted by Crippen LogP contribution is 2.30. The van der Waals surface area contributed by atoms with Crippen LogP contribution in [0.3, 0.4) is 0 Å². The van der Waals surface area contributed by atoms with Crippen LogP contribution in [0.5, 0.6) is 0 Å². The average molecular weight is 625 g/mol. The first-order valence-electron chi connectivity index (χ1n) is 14.6. The molecule has 1 aromatic heterocycles. The summed E-state index contributed by atoms with van der Waals surface area (Å²) in [5.74, 6) is -2.31. The fourth-order valence-electron chi connectivity index (χ4n) is 5.65. The SMILES string of the molecule is CN1CCC(Nc2ccc(C(=O)Nc3n[nH]c4ccc(S(=O)(=O)c5cc(F)cc(F)c5)cc34)c(NC3CCOCC3)c2)CC1. The topological polar surface area (TPSA) is 128 Å².